The molecule has 5 N–H and O–H groups in total. The third-order valence-corrected chi connectivity index (χ3v) is 10.3. The van der Waals surface area contributed by atoms with E-state index in [4.69, 9.17) is 10.5 Å². The number of anilines is 1. The van der Waals surface area contributed by atoms with Gasteiger partial charge in [-0.25, -0.2) is 18.2 Å². The molecule has 2 aliphatic rings. The Morgan fingerprint density at radius 3 is 2.49 bits per heavy atom. The van der Waals surface area contributed by atoms with Crippen LogP contribution in [0.1, 0.15) is 67.3 Å². The van der Waals surface area contributed by atoms with E-state index in [-0.39, 0.29) is 35.2 Å². The highest BCUT2D eigenvalue weighted by atomic mass is 35.5. The van der Waals surface area contributed by atoms with Crippen molar-refractivity contribution in [2.75, 3.05) is 18.8 Å². The summed E-state index contributed by atoms with van der Waals surface area (Å²) < 4.78 is 33.4. The third kappa shape index (κ3) is 7.29. The van der Waals surface area contributed by atoms with Crippen molar-refractivity contribution in [2.24, 2.45) is 0 Å². The van der Waals surface area contributed by atoms with E-state index in [1.54, 1.807) is 24.9 Å². The first-order valence-corrected chi connectivity index (χ1v) is 16.6. The number of fused-ring (bicyclic) bond motifs is 2. The van der Waals surface area contributed by atoms with Crippen LogP contribution in [-0.2, 0) is 27.7 Å². The number of carbonyl (C=O) groups excluding carboxylic acids is 2. The Balaban J connectivity index is 0.00000461. The largest absolute Gasteiger partial charge is 0.487 e. The lowest BCUT2D eigenvalue weighted by Gasteiger charge is -2.35. The number of hydrogen-bond donors (Lipinski definition) is 4. The number of ether oxygens (including phenoxy) is 1. The van der Waals surface area contributed by atoms with Crippen LogP contribution in [0.4, 0.5) is 10.6 Å². The topological polar surface area (TPSA) is 156 Å². The molecule has 2 aromatic carbocycles. The molecule has 1 fully saturated rings. The second kappa shape index (κ2) is 13.4. The molecule has 3 aromatic rings. The molecule has 5 rings (SSSR count). The summed E-state index contributed by atoms with van der Waals surface area (Å²) in [5.41, 5.74) is 11.5. The fourth-order valence-electron chi connectivity index (χ4n) is 6.26. The summed E-state index contributed by atoms with van der Waals surface area (Å²) in [4.78, 5) is 35.0. The van der Waals surface area contributed by atoms with Crippen LogP contribution in [0.2, 0.25) is 0 Å². The molecule has 3 amide bonds. The van der Waals surface area contributed by atoms with Crippen molar-refractivity contribution in [2.45, 2.75) is 89.7 Å². The van der Waals surface area contributed by atoms with Crippen molar-refractivity contribution in [3.8, 4) is 5.75 Å². The number of carbonyl (C=O) groups is 2. The van der Waals surface area contributed by atoms with Gasteiger partial charge in [0.2, 0.25) is 5.91 Å². The van der Waals surface area contributed by atoms with Gasteiger partial charge in [0.15, 0.2) is 0 Å². The van der Waals surface area contributed by atoms with Gasteiger partial charge in [-0.1, -0.05) is 18.2 Å². The van der Waals surface area contributed by atoms with Crippen molar-refractivity contribution in [3.05, 3.63) is 58.3 Å². The number of pyridine rings is 1. The number of aromatic nitrogens is 1. The van der Waals surface area contributed by atoms with Crippen LogP contribution in [-0.4, -0.2) is 55.0 Å². The highest BCUT2D eigenvalue weighted by Gasteiger charge is 2.34. The van der Waals surface area contributed by atoms with Gasteiger partial charge in [-0.2, -0.15) is 0 Å². The Kier molecular flexibility index (Phi) is 10.2. The second-order valence-electron chi connectivity index (χ2n) is 12.5. The molecular weight excluding hydrogens is 616 g/mol. The van der Waals surface area contributed by atoms with Crippen molar-refractivity contribution in [1.82, 2.24) is 25.5 Å². The highest BCUT2D eigenvalue weighted by Crippen LogP contribution is 2.42. The highest BCUT2D eigenvalue weighted by molar-refractivity contribution is 7.89. The number of nitrogens with one attached hydrogen (secondary N) is 3. The fourth-order valence-corrected chi connectivity index (χ4v) is 7.67. The number of piperidine rings is 1. The van der Waals surface area contributed by atoms with Gasteiger partial charge in [0.05, 0.1) is 4.90 Å². The van der Waals surface area contributed by atoms with E-state index in [9.17, 15) is 18.0 Å². The number of urea groups is 1. The predicted octanol–water partition coefficient (Wildman–Crippen LogP) is 4.38. The Morgan fingerprint density at radius 2 is 1.78 bits per heavy atom. The first-order chi connectivity index (χ1) is 20.8. The average molecular weight is 659 g/mol. The third-order valence-electron chi connectivity index (χ3n) is 8.80. The lowest BCUT2D eigenvalue weighted by molar-refractivity contribution is -0.134. The monoisotopic (exact) mass is 658 g/mol. The number of likely N-dealkylation sites (tertiary alicyclic amines) is 1. The predicted molar refractivity (Wildman–Crippen MR) is 177 cm³/mol. The van der Waals surface area contributed by atoms with Crippen LogP contribution < -0.4 is 26.0 Å². The van der Waals surface area contributed by atoms with E-state index in [2.05, 4.69) is 20.6 Å². The van der Waals surface area contributed by atoms with Gasteiger partial charge in [0.25, 0.3) is 10.0 Å². The summed E-state index contributed by atoms with van der Waals surface area (Å²) in [6.07, 6.45) is 6.12. The molecule has 1 aromatic heterocycles. The molecule has 1 atom stereocenters. The molecule has 11 nitrogen and oxygen atoms in total. The Hall–Kier alpha value is -3.61. The zero-order valence-corrected chi connectivity index (χ0v) is 28.1. The zero-order valence-electron chi connectivity index (χ0n) is 26.5. The standard InChI is InChI=1S/C32H42N6O5S.ClH/c1-19-20(2)28(21(3)24-11-13-32(4,5)43-27(19)24)44(41,42)37-36-31(40)35-26(30(39)38-15-7-6-8-16-38)18-22-9-10-25-23(17-22)12-14-34-29(25)33;/h9-10,12,14,17,26,37H,6-8,11,13,15-16,18H2,1-5H3,(H2,33,34)(H2,35,36,40);1H. The van der Waals surface area contributed by atoms with Crippen molar-refractivity contribution < 1.29 is 22.7 Å². The number of halogens is 1. The maximum atomic E-state index is 13.6. The smallest absolute Gasteiger partial charge is 0.330 e. The van der Waals surface area contributed by atoms with E-state index < -0.39 is 22.1 Å². The molecule has 13 heteroatoms. The lowest BCUT2D eigenvalue weighted by Crippen LogP contribution is -2.56. The van der Waals surface area contributed by atoms with Crippen LogP contribution in [0.15, 0.2) is 35.4 Å². The summed E-state index contributed by atoms with van der Waals surface area (Å²) in [7, 11) is -4.16. The molecular formula is C32H43ClN6O5S. The molecule has 0 saturated carbocycles. The Bertz CT molecular complexity index is 1720. The molecule has 0 bridgehead atoms. The van der Waals surface area contributed by atoms with Crippen LogP contribution >= 0.6 is 12.4 Å². The fraction of sp³-hybridized carbons (Fsp3) is 0.469. The molecule has 0 spiro atoms. The number of nitrogen functional groups attached to an aromatic ring is 1. The van der Waals surface area contributed by atoms with Gasteiger partial charge in [-0.05, 0) is 106 Å². The molecule has 1 saturated heterocycles. The number of hydrogen-bond acceptors (Lipinski definition) is 7. The average Bonchev–Trinajstić information content (AvgIpc) is 2.98. The number of hydrazine groups is 1. The number of nitrogens with two attached hydrogens (primary N) is 1. The summed E-state index contributed by atoms with van der Waals surface area (Å²) in [6.45, 7) is 10.6. The number of amides is 3. The van der Waals surface area contributed by atoms with Crippen LogP contribution in [0.25, 0.3) is 10.8 Å². The molecule has 0 aliphatic carbocycles. The van der Waals surface area contributed by atoms with Crippen LogP contribution in [0, 0.1) is 20.8 Å². The maximum absolute atomic E-state index is 13.6. The maximum Gasteiger partial charge on any atom is 0.330 e. The van der Waals surface area contributed by atoms with Crippen LogP contribution in [0.3, 0.4) is 0 Å². The molecule has 0 radical (unpaired) electrons. The quantitative estimate of drug-likeness (QED) is 0.275. The summed E-state index contributed by atoms with van der Waals surface area (Å²) in [5, 5.41) is 4.39. The van der Waals surface area contributed by atoms with Crippen molar-refractivity contribution in [1.29, 1.82) is 0 Å². The van der Waals surface area contributed by atoms with E-state index in [0.717, 1.165) is 58.9 Å². The first-order valence-electron chi connectivity index (χ1n) is 15.1. The van der Waals surface area contributed by atoms with E-state index in [1.165, 1.54) is 0 Å². The van der Waals surface area contributed by atoms with Gasteiger partial charge in [-0.15, -0.1) is 17.2 Å². The minimum atomic E-state index is -4.16. The Morgan fingerprint density at radius 1 is 1.07 bits per heavy atom. The molecule has 45 heavy (non-hydrogen) atoms. The Labute approximate surface area is 271 Å². The second-order valence-corrected chi connectivity index (χ2v) is 14.1. The SMILES string of the molecule is Cc1c(C)c(S(=O)(=O)NNC(=O)NC(Cc2ccc3c(N)nccc3c2)C(=O)N2CCCCC2)c(C)c2c1OC(C)(C)CC2.Cl. The van der Waals surface area contributed by atoms with Gasteiger partial charge in [0.1, 0.15) is 23.2 Å². The zero-order chi connectivity index (χ0) is 31.8. The van der Waals surface area contributed by atoms with E-state index in [0.29, 0.717) is 36.5 Å². The molecule has 2 aliphatic heterocycles. The normalized spacial score (nSPS) is 16.6. The lowest BCUT2D eigenvalue weighted by atomic mass is 9.88. The van der Waals surface area contributed by atoms with Crippen LogP contribution in [0.5, 0.6) is 5.75 Å². The number of rotatable bonds is 7. The van der Waals surface area contributed by atoms with E-state index in [1.807, 2.05) is 45.0 Å². The van der Waals surface area contributed by atoms with Gasteiger partial charge >= 0.3 is 6.03 Å². The summed E-state index contributed by atoms with van der Waals surface area (Å²) in [6, 6.07) is 5.72. The minimum Gasteiger partial charge on any atom is -0.487 e. The molecule has 1 unspecified atom stereocenters. The summed E-state index contributed by atoms with van der Waals surface area (Å²) in [5.74, 6) is 0.931. The van der Waals surface area contributed by atoms with Gasteiger partial charge in [0, 0.05) is 31.1 Å². The molecule has 3 heterocycles. The number of benzene rings is 2. The van der Waals surface area contributed by atoms with Gasteiger partial charge < -0.3 is 20.7 Å². The van der Waals surface area contributed by atoms with Crippen molar-refractivity contribution in [3.63, 3.8) is 0 Å². The first kappa shape index (κ1) is 34.3. The minimum absolute atomic E-state index is 0. The molecule has 244 valence electrons. The van der Waals surface area contributed by atoms with Gasteiger partial charge in [-0.3, -0.25) is 10.2 Å². The number of sulfonamides is 1. The van der Waals surface area contributed by atoms with Crippen molar-refractivity contribution >= 4 is 51.0 Å². The number of nitrogens with zero attached hydrogens (tertiary/aromatic N) is 2. The summed E-state index contributed by atoms with van der Waals surface area (Å²) >= 11 is 0. The van der Waals surface area contributed by atoms with E-state index >= 15 is 0 Å².